The molecule has 1 aliphatic rings. The molecule has 2 N–H and O–H groups in total. The number of nitrogens with one attached hydrogen (secondary N) is 2. The van der Waals surface area contributed by atoms with E-state index in [2.05, 4.69) is 15.6 Å². The number of hydrogen-bond acceptors (Lipinski definition) is 4. The van der Waals surface area contributed by atoms with Crippen molar-refractivity contribution in [2.45, 2.75) is 44.9 Å². The first-order valence-electron chi connectivity index (χ1n) is 8.81. The van der Waals surface area contributed by atoms with E-state index in [0.717, 1.165) is 18.5 Å². The third-order valence-corrected chi connectivity index (χ3v) is 5.22. The van der Waals surface area contributed by atoms with Gasteiger partial charge in [0.1, 0.15) is 0 Å². The van der Waals surface area contributed by atoms with Crippen LogP contribution in [0.3, 0.4) is 0 Å². The highest BCUT2D eigenvalue weighted by atomic mass is 32.1. The molecule has 1 aromatic carbocycles. The first kappa shape index (κ1) is 17.6. The second-order valence-electron chi connectivity index (χ2n) is 6.48. The summed E-state index contributed by atoms with van der Waals surface area (Å²) in [6, 6.07) is 6.96. The zero-order valence-corrected chi connectivity index (χ0v) is 15.0. The molecule has 1 aliphatic carbocycles. The molecule has 5 nitrogen and oxygen atoms in total. The molecule has 1 fully saturated rings. The van der Waals surface area contributed by atoms with Crippen molar-refractivity contribution in [3.8, 4) is 0 Å². The molecule has 1 heterocycles. The second-order valence-corrected chi connectivity index (χ2v) is 7.37. The first-order chi connectivity index (χ1) is 12.2. The summed E-state index contributed by atoms with van der Waals surface area (Å²) < 4.78 is 0. The molecule has 0 spiro atoms. The van der Waals surface area contributed by atoms with Crippen molar-refractivity contribution in [2.75, 3.05) is 10.6 Å². The van der Waals surface area contributed by atoms with Crippen molar-refractivity contribution in [1.82, 2.24) is 4.98 Å². The number of nitrogens with zero attached hydrogens (tertiary/aromatic N) is 1. The summed E-state index contributed by atoms with van der Waals surface area (Å²) in [7, 11) is 0. The van der Waals surface area contributed by atoms with Gasteiger partial charge >= 0.3 is 0 Å². The van der Waals surface area contributed by atoms with E-state index in [1.807, 2.05) is 5.38 Å². The Morgan fingerprint density at radius 2 is 1.76 bits per heavy atom. The Morgan fingerprint density at radius 3 is 2.40 bits per heavy atom. The van der Waals surface area contributed by atoms with Crippen LogP contribution in [0.15, 0.2) is 35.8 Å². The van der Waals surface area contributed by atoms with Crippen LogP contribution >= 0.6 is 11.3 Å². The van der Waals surface area contributed by atoms with Gasteiger partial charge in [-0.15, -0.1) is 11.3 Å². The Bertz CT molecular complexity index is 690. The molecule has 0 radical (unpaired) electrons. The van der Waals surface area contributed by atoms with E-state index in [9.17, 15) is 9.59 Å². The third kappa shape index (κ3) is 5.39. The quantitative estimate of drug-likeness (QED) is 0.762. The van der Waals surface area contributed by atoms with Crippen LogP contribution in [-0.4, -0.2) is 16.8 Å². The van der Waals surface area contributed by atoms with Crippen LogP contribution in [-0.2, 0) is 4.79 Å². The fraction of sp³-hybridized carbons (Fsp3) is 0.421. The number of carbonyl (C=O) groups is 2. The highest BCUT2D eigenvalue weighted by Gasteiger charge is 2.16. The molecule has 6 heteroatoms. The standard InChI is InChI=1S/C19H23N3O2S/c23-17(13-14-5-3-1-2-4-6-14)21-16-9-7-15(8-10-16)18(24)22-19-20-11-12-25-19/h7-12,14H,1-6,13H2,(H,21,23)(H,20,22,24). The summed E-state index contributed by atoms with van der Waals surface area (Å²) in [5.41, 5.74) is 1.27. The van der Waals surface area contributed by atoms with Crippen LogP contribution < -0.4 is 10.6 Å². The summed E-state index contributed by atoms with van der Waals surface area (Å²) in [6.07, 6.45) is 9.61. The van der Waals surface area contributed by atoms with Gasteiger partial charge in [0.2, 0.25) is 5.91 Å². The molecule has 2 amide bonds. The summed E-state index contributed by atoms with van der Waals surface area (Å²) in [6.45, 7) is 0. The average Bonchev–Trinajstić information content (AvgIpc) is 2.98. The van der Waals surface area contributed by atoms with E-state index in [1.165, 1.54) is 37.0 Å². The van der Waals surface area contributed by atoms with E-state index in [1.54, 1.807) is 30.5 Å². The molecule has 0 atom stereocenters. The van der Waals surface area contributed by atoms with Crippen LogP contribution in [0.1, 0.15) is 55.3 Å². The molecule has 0 bridgehead atoms. The number of anilines is 2. The first-order valence-corrected chi connectivity index (χ1v) is 9.69. The van der Waals surface area contributed by atoms with E-state index < -0.39 is 0 Å². The van der Waals surface area contributed by atoms with Crippen molar-refractivity contribution in [3.05, 3.63) is 41.4 Å². The minimum atomic E-state index is -0.203. The van der Waals surface area contributed by atoms with E-state index >= 15 is 0 Å². The van der Waals surface area contributed by atoms with Gasteiger partial charge in [-0.25, -0.2) is 4.98 Å². The lowest BCUT2D eigenvalue weighted by atomic mass is 9.96. The highest BCUT2D eigenvalue weighted by Crippen LogP contribution is 2.25. The Labute approximate surface area is 151 Å². The van der Waals surface area contributed by atoms with Crippen LogP contribution in [0.5, 0.6) is 0 Å². The SMILES string of the molecule is O=C(CC1CCCCCC1)Nc1ccc(C(=O)Nc2nccs2)cc1. The molecule has 0 unspecified atom stereocenters. The number of benzene rings is 1. The summed E-state index contributed by atoms with van der Waals surface area (Å²) >= 11 is 1.38. The predicted octanol–water partition coefficient (Wildman–Crippen LogP) is 4.69. The molecular formula is C19H23N3O2S. The smallest absolute Gasteiger partial charge is 0.257 e. The van der Waals surface area contributed by atoms with Crippen LogP contribution in [0.2, 0.25) is 0 Å². The normalized spacial score (nSPS) is 15.4. The van der Waals surface area contributed by atoms with Gasteiger partial charge in [0.25, 0.3) is 5.91 Å². The van der Waals surface area contributed by atoms with Gasteiger partial charge < -0.3 is 5.32 Å². The van der Waals surface area contributed by atoms with Gasteiger partial charge in [-0.3, -0.25) is 14.9 Å². The minimum absolute atomic E-state index is 0.0619. The zero-order valence-electron chi connectivity index (χ0n) is 14.2. The van der Waals surface area contributed by atoms with Gasteiger partial charge in [0.05, 0.1) is 0 Å². The van der Waals surface area contributed by atoms with Gasteiger partial charge in [-0.1, -0.05) is 25.7 Å². The molecule has 1 saturated carbocycles. The molecule has 1 aromatic heterocycles. The van der Waals surface area contributed by atoms with Gasteiger partial charge in [0, 0.05) is 29.2 Å². The topological polar surface area (TPSA) is 71.1 Å². The number of rotatable bonds is 5. The molecule has 25 heavy (non-hydrogen) atoms. The van der Waals surface area contributed by atoms with Crippen LogP contribution in [0.25, 0.3) is 0 Å². The highest BCUT2D eigenvalue weighted by molar-refractivity contribution is 7.13. The molecule has 0 saturated heterocycles. The molecule has 3 rings (SSSR count). The van der Waals surface area contributed by atoms with Gasteiger partial charge in [-0.05, 0) is 43.0 Å². The maximum Gasteiger partial charge on any atom is 0.257 e. The van der Waals surface area contributed by atoms with Crippen LogP contribution in [0.4, 0.5) is 10.8 Å². The van der Waals surface area contributed by atoms with Gasteiger partial charge in [-0.2, -0.15) is 0 Å². The lowest BCUT2D eigenvalue weighted by Gasteiger charge is -2.13. The Hall–Kier alpha value is -2.21. The van der Waals surface area contributed by atoms with Crippen molar-refractivity contribution in [3.63, 3.8) is 0 Å². The number of hydrogen-bond donors (Lipinski definition) is 2. The third-order valence-electron chi connectivity index (χ3n) is 4.53. The molecule has 0 aliphatic heterocycles. The van der Waals surface area contributed by atoms with E-state index in [4.69, 9.17) is 0 Å². The van der Waals surface area contributed by atoms with E-state index in [0.29, 0.717) is 23.0 Å². The maximum atomic E-state index is 12.2. The zero-order chi connectivity index (χ0) is 17.5. The fourth-order valence-electron chi connectivity index (χ4n) is 3.20. The van der Waals surface area contributed by atoms with Crippen molar-refractivity contribution in [2.24, 2.45) is 5.92 Å². The van der Waals surface area contributed by atoms with Crippen molar-refractivity contribution < 1.29 is 9.59 Å². The summed E-state index contributed by atoms with van der Waals surface area (Å²) in [5.74, 6) is 0.365. The Kier molecular flexibility index (Phi) is 6.17. The minimum Gasteiger partial charge on any atom is -0.326 e. The predicted molar refractivity (Wildman–Crippen MR) is 101 cm³/mol. The number of thiazole rings is 1. The van der Waals surface area contributed by atoms with Crippen molar-refractivity contribution >= 4 is 34.0 Å². The number of amides is 2. The van der Waals surface area contributed by atoms with E-state index in [-0.39, 0.29) is 11.8 Å². The number of aromatic nitrogens is 1. The Balaban J connectivity index is 1.51. The van der Waals surface area contributed by atoms with Crippen LogP contribution in [0, 0.1) is 5.92 Å². The summed E-state index contributed by atoms with van der Waals surface area (Å²) in [4.78, 5) is 28.4. The molecule has 2 aromatic rings. The largest absolute Gasteiger partial charge is 0.326 e. The second kappa shape index (κ2) is 8.76. The lowest BCUT2D eigenvalue weighted by Crippen LogP contribution is -2.16. The monoisotopic (exact) mass is 357 g/mol. The maximum absolute atomic E-state index is 12.2. The van der Waals surface area contributed by atoms with Crippen molar-refractivity contribution in [1.29, 1.82) is 0 Å². The molecular weight excluding hydrogens is 334 g/mol. The van der Waals surface area contributed by atoms with Gasteiger partial charge in [0.15, 0.2) is 5.13 Å². The molecule has 132 valence electrons. The number of carbonyl (C=O) groups excluding carboxylic acids is 2. The Morgan fingerprint density at radius 1 is 1.04 bits per heavy atom. The lowest BCUT2D eigenvalue weighted by molar-refractivity contribution is -0.117. The fourth-order valence-corrected chi connectivity index (χ4v) is 3.73. The summed E-state index contributed by atoms with van der Waals surface area (Å²) in [5, 5.41) is 8.06. The average molecular weight is 357 g/mol.